The Labute approximate surface area is 393 Å². The molecule has 0 radical (unpaired) electrons. The molecule has 9 aromatic carbocycles. The number of benzene rings is 9. The Morgan fingerprint density at radius 3 is 0.779 bits per heavy atom. The van der Waals surface area contributed by atoms with Crippen LogP contribution in [0.15, 0.2) is 233 Å². The fourth-order valence-electron chi connectivity index (χ4n) is 10.6. The van der Waals surface area contributed by atoms with E-state index in [-0.39, 0.29) is 11.8 Å². The summed E-state index contributed by atoms with van der Waals surface area (Å²) in [5, 5.41) is 6.57. The highest BCUT2D eigenvalue weighted by molar-refractivity contribution is 6.08. The van der Waals surface area contributed by atoms with Gasteiger partial charge in [0, 0.05) is 28.5 Å². The number of aliphatic imine (C=N–C) groups is 3. The summed E-state index contributed by atoms with van der Waals surface area (Å²) in [6.45, 7) is 0. The number of anilines is 6. The van der Waals surface area contributed by atoms with E-state index in [0.29, 0.717) is 0 Å². The van der Waals surface area contributed by atoms with Crippen LogP contribution in [0.1, 0.15) is 61.9 Å². The van der Waals surface area contributed by atoms with Gasteiger partial charge < -0.3 is 0 Å². The molecule has 2 bridgehead atoms. The van der Waals surface area contributed by atoms with Gasteiger partial charge in [0.05, 0.1) is 51.2 Å². The molecule has 68 heavy (non-hydrogen) atoms. The minimum Gasteiger partial charge on any atom is -0.276 e. The van der Waals surface area contributed by atoms with E-state index in [1.165, 1.54) is 33.4 Å². The van der Waals surface area contributed by atoms with E-state index in [1.54, 1.807) is 0 Å². The molecule has 0 atom stereocenters. The van der Waals surface area contributed by atoms with Crippen LogP contribution in [0.4, 0.5) is 51.2 Å². The number of fused-ring (bicyclic) bond motifs is 3. The van der Waals surface area contributed by atoms with Crippen LogP contribution in [0.3, 0.4) is 0 Å². The first-order chi connectivity index (χ1) is 33.7. The van der Waals surface area contributed by atoms with Crippen LogP contribution in [0.2, 0.25) is 0 Å². The second kappa shape index (κ2) is 15.2. The molecule has 6 aliphatic rings. The molecule has 3 aliphatic carbocycles. The predicted molar refractivity (Wildman–Crippen MR) is 274 cm³/mol. The Balaban J connectivity index is 1.02. The molecular formula is C59H41N9. The van der Waals surface area contributed by atoms with Crippen LogP contribution in [-0.2, 0) is 0 Å². The zero-order chi connectivity index (χ0) is 44.7. The Kier molecular flexibility index (Phi) is 8.51. The fourth-order valence-corrected chi connectivity index (χ4v) is 10.6. The molecule has 9 nitrogen and oxygen atoms in total. The molecule has 9 heteroatoms. The summed E-state index contributed by atoms with van der Waals surface area (Å²) in [6.07, 6.45) is 0. The maximum Gasteiger partial charge on any atom is 0.152 e. The maximum atomic E-state index is 5.41. The number of hydrogen-bond acceptors (Lipinski definition) is 9. The lowest BCUT2D eigenvalue weighted by atomic mass is 9.60. The van der Waals surface area contributed by atoms with Gasteiger partial charge in [-0.25, -0.2) is 15.0 Å². The molecule has 0 spiro atoms. The lowest BCUT2D eigenvalue weighted by Gasteiger charge is -2.45. The molecule has 3 aliphatic heterocycles. The first-order valence-corrected chi connectivity index (χ1v) is 23.0. The molecule has 0 aromatic heterocycles. The van der Waals surface area contributed by atoms with Crippen molar-refractivity contribution in [2.45, 2.75) is 11.8 Å². The molecular weight excluding hydrogens is 835 g/mol. The maximum absolute atomic E-state index is 5.41. The molecule has 0 saturated heterocycles. The van der Waals surface area contributed by atoms with Crippen molar-refractivity contribution in [1.82, 2.24) is 16.3 Å². The third-order valence-corrected chi connectivity index (χ3v) is 13.7. The van der Waals surface area contributed by atoms with Crippen LogP contribution < -0.4 is 31.3 Å². The fraction of sp³-hybridized carbons (Fsp3) is 0.0339. The topological polar surface area (TPSA) is 82.9 Å². The van der Waals surface area contributed by atoms with Gasteiger partial charge in [-0.1, -0.05) is 146 Å². The summed E-state index contributed by atoms with van der Waals surface area (Å²) in [7, 11) is 0. The van der Waals surface area contributed by atoms with Gasteiger partial charge in [-0.2, -0.15) is 0 Å². The van der Waals surface area contributed by atoms with Crippen molar-refractivity contribution in [2.24, 2.45) is 15.0 Å². The van der Waals surface area contributed by atoms with Crippen molar-refractivity contribution in [3.05, 3.63) is 268 Å². The van der Waals surface area contributed by atoms with E-state index in [2.05, 4.69) is 231 Å². The minimum absolute atomic E-state index is 0.134. The van der Waals surface area contributed by atoms with Crippen molar-refractivity contribution in [2.75, 3.05) is 15.0 Å². The second-order valence-corrected chi connectivity index (χ2v) is 17.6. The number of hydrogen-bond donors (Lipinski definition) is 3. The molecule has 9 aromatic rings. The lowest BCUT2D eigenvalue weighted by Crippen LogP contribution is -2.43. The normalized spacial score (nSPS) is 16.8. The number of nitrogens with one attached hydrogen (secondary N) is 3. The zero-order valence-electron chi connectivity index (χ0n) is 36.6. The van der Waals surface area contributed by atoms with E-state index in [4.69, 9.17) is 15.0 Å². The van der Waals surface area contributed by atoms with Crippen molar-refractivity contribution in [3.63, 3.8) is 0 Å². The number of para-hydroxylation sites is 3. The average Bonchev–Trinajstić information content (AvgIpc) is 3.41. The molecule has 0 fully saturated rings. The third kappa shape index (κ3) is 6.06. The lowest BCUT2D eigenvalue weighted by molar-refractivity contribution is 0.748. The highest BCUT2D eigenvalue weighted by Crippen LogP contribution is 2.61. The van der Waals surface area contributed by atoms with Gasteiger partial charge in [0.2, 0.25) is 0 Å². The quantitative estimate of drug-likeness (QED) is 0.154. The summed E-state index contributed by atoms with van der Waals surface area (Å²) in [6, 6.07) is 76.8. The number of nitrogens with zero attached hydrogens (tertiary/aromatic N) is 6. The third-order valence-electron chi connectivity index (χ3n) is 13.7. The Morgan fingerprint density at radius 1 is 0.279 bits per heavy atom. The molecule has 3 N–H and O–H groups in total. The van der Waals surface area contributed by atoms with Crippen LogP contribution in [0.5, 0.6) is 0 Å². The van der Waals surface area contributed by atoms with Gasteiger partial charge in [-0.3, -0.25) is 31.3 Å². The van der Waals surface area contributed by atoms with Crippen LogP contribution in [0, 0.1) is 0 Å². The average molecular weight is 876 g/mol. The Morgan fingerprint density at radius 2 is 0.515 bits per heavy atom. The molecule has 322 valence electrons. The largest absolute Gasteiger partial charge is 0.276 e. The smallest absolute Gasteiger partial charge is 0.152 e. The van der Waals surface area contributed by atoms with E-state index < -0.39 is 0 Å². The molecule has 3 heterocycles. The van der Waals surface area contributed by atoms with Gasteiger partial charge in [0.15, 0.2) is 17.5 Å². The summed E-state index contributed by atoms with van der Waals surface area (Å²) in [5.74, 6) is 2.11. The van der Waals surface area contributed by atoms with Crippen molar-refractivity contribution < 1.29 is 0 Å². The van der Waals surface area contributed by atoms with E-state index >= 15 is 0 Å². The van der Waals surface area contributed by atoms with E-state index in [0.717, 1.165) is 85.4 Å². The predicted octanol–water partition coefficient (Wildman–Crippen LogP) is 12.9. The molecule has 15 rings (SSSR count). The van der Waals surface area contributed by atoms with Gasteiger partial charge in [0.1, 0.15) is 0 Å². The van der Waals surface area contributed by atoms with Gasteiger partial charge in [-0.15, -0.1) is 0 Å². The highest BCUT2D eigenvalue weighted by atomic mass is 15.6. The highest BCUT2D eigenvalue weighted by Gasteiger charge is 2.45. The summed E-state index contributed by atoms with van der Waals surface area (Å²) < 4.78 is 0. The Hall–Kier alpha value is -9.21. The van der Waals surface area contributed by atoms with Crippen LogP contribution in [-0.4, -0.2) is 17.5 Å². The number of hydrazine groups is 3. The summed E-state index contributed by atoms with van der Waals surface area (Å²) in [4.78, 5) is 16.2. The number of amidine groups is 3. The van der Waals surface area contributed by atoms with Crippen LogP contribution >= 0.6 is 0 Å². The Bertz CT molecular complexity index is 3380. The van der Waals surface area contributed by atoms with E-state index in [1.807, 2.05) is 18.2 Å². The van der Waals surface area contributed by atoms with Crippen molar-refractivity contribution in [1.29, 1.82) is 0 Å². The van der Waals surface area contributed by atoms with Crippen molar-refractivity contribution >= 4 is 68.7 Å². The van der Waals surface area contributed by atoms with Gasteiger partial charge in [-0.05, 0) is 106 Å². The SMILES string of the molecule is c1ccc(C2=Nc3cc4c(cc3N(c3ccccc3)N2)C2c3cc5c(cc3C4c3cc4c(cc32)N=C(c2ccccc2)NN4c2ccccc2)N(c2ccccc2)NC(c2ccccc2)=N5)cc1. The zero-order valence-corrected chi connectivity index (χ0v) is 36.6. The first-order valence-electron chi connectivity index (χ1n) is 23.0. The molecule has 0 saturated carbocycles. The summed E-state index contributed by atoms with van der Waals surface area (Å²) in [5.41, 5.74) is 30.4. The molecule has 0 amide bonds. The summed E-state index contributed by atoms with van der Waals surface area (Å²) >= 11 is 0. The first kappa shape index (κ1) is 38.1. The standard InChI is InChI=1S/C59H41N9/c1-7-19-37(20-8-1)57-60-49-31-43-47(35-53(49)67(64-57)41-27-15-5-16-28-41)56-45-33-51-52(66(40-25-13-4-14-26-40)63-59(62-51)39-23-11-3-12-24-39)34-46(45)55(43)44-32-50-54(36-48(44)56)68(42-29-17-6-18-30-42)65-58(61-50)38-21-9-2-10-22-38/h1-36,55-56H,(H,60,64)(H,61,65)(H,62,63). The van der Waals surface area contributed by atoms with Crippen molar-refractivity contribution in [3.8, 4) is 0 Å². The minimum atomic E-state index is -0.135. The second-order valence-electron chi connectivity index (χ2n) is 17.6. The monoisotopic (exact) mass is 875 g/mol. The van der Waals surface area contributed by atoms with Crippen LogP contribution in [0.25, 0.3) is 0 Å². The van der Waals surface area contributed by atoms with Gasteiger partial charge in [0.25, 0.3) is 0 Å². The molecule has 0 unspecified atom stereocenters. The van der Waals surface area contributed by atoms with Gasteiger partial charge >= 0.3 is 0 Å². The van der Waals surface area contributed by atoms with E-state index in [9.17, 15) is 0 Å². The number of rotatable bonds is 6.